The molecule has 1 aromatic rings. The third-order valence-corrected chi connectivity index (χ3v) is 5.18. The maximum absolute atomic E-state index is 12.9. The average Bonchev–Trinajstić information content (AvgIpc) is 2.67. The van der Waals surface area contributed by atoms with Gasteiger partial charge in [0.15, 0.2) is 5.78 Å². The number of ether oxygens (including phenoxy) is 2. The summed E-state index contributed by atoms with van der Waals surface area (Å²) in [5, 5.41) is 2.86. The van der Waals surface area contributed by atoms with Gasteiger partial charge in [0.1, 0.15) is 6.26 Å². The molecule has 0 saturated heterocycles. The summed E-state index contributed by atoms with van der Waals surface area (Å²) in [5.74, 6) is -1.05. The summed E-state index contributed by atoms with van der Waals surface area (Å²) in [7, 11) is 1.29. The van der Waals surface area contributed by atoms with E-state index in [1.54, 1.807) is 24.3 Å². The van der Waals surface area contributed by atoms with Crippen molar-refractivity contribution in [2.75, 3.05) is 7.11 Å². The Kier molecular flexibility index (Phi) is 5.49. The molecule has 28 heavy (non-hydrogen) atoms. The topological polar surface area (TPSA) is 81.7 Å². The number of allylic oxidation sites excluding steroid dienone is 3. The van der Waals surface area contributed by atoms with Crippen LogP contribution < -0.4 is 5.32 Å². The lowest BCUT2D eigenvalue weighted by molar-refractivity contribution is -0.118. The first-order valence-corrected chi connectivity index (χ1v) is 9.09. The van der Waals surface area contributed by atoms with Gasteiger partial charge in [-0.05, 0) is 38.0 Å². The number of benzene rings is 1. The van der Waals surface area contributed by atoms with Gasteiger partial charge >= 0.3 is 12.1 Å². The van der Waals surface area contributed by atoms with Crippen LogP contribution in [0.4, 0.5) is 4.79 Å². The molecule has 0 radical (unpaired) electrons. The second kappa shape index (κ2) is 7.84. The molecule has 146 valence electrons. The van der Waals surface area contributed by atoms with Crippen molar-refractivity contribution in [2.45, 2.75) is 32.2 Å². The fourth-order valence-corrected chi connectivity index (χ4v) is 4.04. The average molecular weight is 381 g/mol. The van der Waals surface area contributed by atoms with Crippen LogP contribution in [0.25, 0.3) is 0 Å². The molecule has 0 heterocycles. The molecular weight excluding hydrogens is 358 g/mol. The highest BCUT2D eigenvalue weighted by atomic mass is 16.5. The van der Waals surface area contributed by atoms with Crippen LogP contribution in [-0.2, 0) is 14.3 Å². The van der Waals surface area contributed by atoms with Crippen molar-refractivity contribution in [1.82, 2.24) is 5.32 Å². The molecule has 6 heteroatoms. The van der Waals surface area contributed by atoms with E-state index in [4.69, 9.17) is 9.47 Å². The third kappa shape index (κ3) is 3.63. The molecule has 2 atom stereocenters. The molecule has 0 spiro atoms. The van der Waals surface area contributed by atoms with E-state index in [1.165, 1.54) is 13.4 Å². The van der Waals surface area contributed by atoms with Gasteiger partial charge in [0, 0.05) is 17.9 Å². The van der Waals surface area contributed by atoms with Crippen LogP contribution in [0.2, 0.25) is 0 Å². The fourth-order valence-electron chi connectivity index (χ4n) is 4.04. The molecule has 2 aliphatic carbocycles. The molecule has 1 amide bonds. The number of nitrogens with one attached hydrogen (secondary N) is 1. The number of carbonyl (C=O) groups is 3. The quantitative estimate of drug-likeness (QED) is 0.374. The number of carbonyl (C=O) groups excluding carboxylic acids is 3. The van der Waals surface area contributed by atoms with E-state index in [2.05, 4.69) is 5.32 Å². The molecule has 0 unspecified atom stereocenters. The predicted molar refractivity (Wildman–Crippen MR) is 103 cm³/mol. The molecule has 1 aromatic carbocycles. The minimum absolute atomic E-state index is 0.0815. The second-order valence-corrected chi connectivity index (χ2v) is 7.05. The number of Topliss-reactive ketones (excluding diaryl/α,β-unsaturated/α-hetero) is 1. The van der Waals surface area contributed by atoms with Gasteiger partial charge in [-0.2, -0.15) is 0 Å². The van der Waals surface area contributed by atoms with E-state index in [-0.39, 0.29) is 18.1 Å². The van der Waals surface area contributed by atoms with Gasteiger partial charge in [0.25, 0.3) is 0 Å². The van der Waals surface area contributed by atoms with Crippen molar-refractivity contribution in [3.05, 3.63) is 71.0 Å². The molecular formula is C22H23NO5. The lowest BCUT2D eigenvalue weighted by Gasteiger charge is -2.46. The first kappa shape index (κ1) is 19.6. The van der Waals surface area contributed by atoms with Crippen LogP contribution in [0.3, 0.4) is 0 Å². The number of methoxy groups -OCH3 is 1. The van der Waals surface area contributed by atoms with E-state index in [0.29, 0.717) is 17.6 Å². The molecule has 0 aliphatic heterocycles. The van der Waals surface area contributed by atoms with Crippen molar-refractivity contribution in [3.63, 3.8) is 0 Å². The normalized spacial score (nSPS) is 26.6. The molecule has 1 fully saturated rings. The summed E-state index contributed by atoms with van der Waals surface area (Å²) in [5.41, 5.74) is 1.93. The highest BCUT2D eigenvalue weighted by Crippen LogP contribution is 2.47. The molecule has 2 bridgehead atoms. The van der Waals surface area contributed by atoms with Gasteiger partial charge < -0.3 is 14.8 Å². The molecule has 3 rings (SSSR count). The zero-order valence-corrected chi connectivity index (χ0v) is 16.2. The summed E-state index contributed by atoms with van der Waals surface area (Å²) in [6.45, 7) is 3.82. The van der Waals surface area contributed by atoms with E-state index >= 15 is 0 Å². The van der Waals surface area contributed by atoms with Gasteiger partial charge in [0.2, 0.25) is 0 Å². The lowest BCUT2D eigenvalue weighted by atomic mass is 9.62. The van der Waals surface area contributed by atoms with Crippen molar-refractivity contribution < 1.29 is 23.9 Å². The van der Waals surface area contributed by atoms with Crippen molar-refractivity contribution in [3.8, 4) is 0 Å². The smallest absolute Gasteiger partial charge is 0.407 e. The Morgan fingerprint density at radius 2 is 1.93 bits per heavy atom. The van der Waals surface area contributed by atoms with E-state index in [0.717, 1.165) is 11.1 Å². The Balaban J connectivity index is 1.93. The number of esters is 1. The number of hydrogen-bond acceptors (Lipinski definition) is 5. The van der Waals surface area contributed by atoms with Crippen LogP contribution in [0.15, 0.2) is 65.5 Å². The maximum atomic E-state index is 12.9. The first-order chi connectivity index (χ1) is 13.4. The molecule has 2 aliphatic rings. The molecule has 1 N–H and O–H groups in total. The number of rotatable bonds is 3. The number of fused-ring (bicyclic) bond motifs is 2. The molecule has 1 saturated carbocycles. The zero-order chi connectivity index (χ0) is 20.3. The van der Waals surface area contributed by atoms with Crippen LogP contribution in [-0.4, -0.2) is 30.5 Å². The van der Waals surface area contributed by atoms with Crippen LogP contribution in [0.1, 0.15) is 37.0 Å². The standard InChI is InChI=1S/C22H23NO5/c1-4-18-16-10-14(2)11-22(18,23-21(26)27-3)12-19(24)17(16)13-28-20(25)15-8-6-5-7-9-15/h4-10,13,16H,11-12H2,1-3H3,(H,23,26)/b17-13+,18-4?/t16-,22-/m1/s1. The summed E-state index contributed by atoms with van der Waals surface area (Å²) >= 11 is 0. The summed E-state index contributed by atoms with van der Waals surface area (Å²) in [4.78, 5) is 37.1. The number of ketones is 1. The Bertz CT molecular complexity index is 897. The van der Waals surface area contributed by atoms with Crippen LogP contribution in [0.5, 0.6) is 0 Å². The predicted octanol–water partition coefficient (Wildman–Crippen LogP) is 3.71. The Hall–Kier alpha value is -3.15. The van der Waals surface area contributed by atoms with Crippen molar-refractivity contribution >= 4 is 17.8 Å². The highest BCUT2D eigenvalue weighted by molar-refractivity contribution is 6.01. The second-order valence-electron chi connectivity index (χ2n) is 7.05. The Morgan fingerprint density at radius 3 is 2.57 bits per heavy atom. The molecule has 0 aromatic heterocycles. The van der Waals surface area contributed by atoms with E-state index in [1.807, 2.05) is 32.1 Å². The fraction of sp³-hybridized carbons (Fsp3) is 0.318. The number of hydrogen-bond donors (Lipinski definition) is 1. The summed E-state index contributed by atoms with van der Waals surface area (Å²) in [6, 6.07) is 8.59. The minimum Gasteiger partial charge on any atom is -0.453 e. The number of amides is 1. The summed E-state index contributed by atoms with van der Waals surface area (Å²) < 4.78 is 10.1. The van der Waals surface area contributed by atoms with Crippen LogP contribution in [0, 0.1) is 5.92 Å². The highest BCUT2D eigenvalue weighted by Gasteiger charge is 2.49. The lowest BCUT2D eigenvalue weighted by Crippen LogP contribution is -2.57. The SMILES string of the molecule is CC=C1[C@@H]2C=C(C)C[C@@]1(NC(=O)OC)CC(=O)/C2=C/OC(=O)c1ccccc1. The van der Waals surface area contributed by atoms with Gasteiger partial charge in [-0.25, -0.2) is 9.59 Å². The van der Waals surface area contributed by atoms with Gasteiger partial charge in [-0.1, -0.05) is 35.9 Å². The Labute approximate surface area is 163 Å². The zero-order valence-electron chi connectivity index (χ0n) is 16.2. The third-order valence-electron chi connectivity index (χ3n) is 5.18. The number of alkyl carbamates (subject to hydrolysis) is 1. The molecule has 6 nitrogen and oxygen atoms in total. The van der Waals surface area contributed by atoms with Gasteiger partial charge in [-0.15, -0.1) is 0 Å². The first-order valence-electron chi connectivity index (χ1n) is 9.09. The van der Waals surface area contributed by atoms with Gasteiger partial charge in [-0.3, -0.25) is 4.79 Å². The monoisotopic (exact) mass is 381 g/mol. The summed E-state index contributed by atoms with van der Waals surface area (Å²) in [6.07, 6.45) is 5.17. The Morgan fingerprint density at radius 1 is 1.21 bits per heavy atom. The maximum Gasteiger partial charge on any atom is 0.407 e. The van der Waals surface area contributed by atoms with Crippen molar-refractivity contribution in [2.24, 2.45) is 5.92 Å². The van der Waals surface area contributed by atoms with Gasteiger partial charge in [0.05, 0.1) is 18.2 Å². The van der Waals surface area contributed by atoms with E-state index < -0.39 is 17.6 Å². The van der Waals surface area contributed by atoms with E-state index in [9.17, 15) is 14.4 Å². The van der Waals surface area contributed by atoms with Crippen molar-refractivity contribution in [1.29, 1.82) is 0 Å². The van der Waals surface area contributed by atoms with Crippen LogP contribution >= 0.6 is 0 Å². The minimum atomic E-state index is -0.816. The largest absolute Gasteiger partial charge is 0.453 e.